The number of hydrogen-bond acceptors (Lipinski definition) is 0. The van der Waals surface area contributed by atoms with Crippen LogP contribution in [-0.4, -0.2) is 24.1 Å². The molecule has 0 N–H and O–H groups in total. The standard InChI is InChI=1S/C10H24P/c1-6-9-11(7-2,8-3)10(4)5/h10H,6-9H2,1-5H3/q+1. The van der Waals surface area contributed by atoms with Gasteiger partial charge in [-0.25, -0.2) is 0 Å². The lowest BCUT2D eigenvalue weighted by atomic mass is 10.6. The largest absolute Gasteiger partial charge is 0.0641 e. The van der Waals surface area contributed by atoms with E-state index in [-0.39, 0.29) is 0 Å². The zero-order valence-electron chi connectivity index (χ0n) is 8.85. The quantitative estimate of drug-likeness (QED) is 0.556. The van der Waals surface area contributed by atoms with Gasteiger partial charge in [-0.15, -0.1) is 0 Å². The van der Waals surface area contributed by atoms with E-state index >= 15 is 0 Å². The Hall–Kier alpha value is 0.430. The fourth-order valence-corrected chi connectivity index (χ4v) is 5.92. The SMILES string of the molecule is CCC[P+](CC)(CC)C(C)C. The highest BCUT2D eigenvalue weighted by molar-refractivity contribution is 7.76. The van der Waals surface area contributed by atoms with Gasteiger partial charge >= 0.3 is 0 Å². The van der Waals surface area contributed by atoms with Crippen molar-refractivity contribution in [2.45, 2.75) is 46.7 Å². The molecule has 0 saturated carbocycles. The highest BCUT2D eigenvalue weighted by Crippen LogP contribution is 2.62. The summed E-state index contributed by atoms with van der Waals surface area (Å²) in [5, 5.41) is 0. The normalized spacial score (nSPS) is 12.5. The van der Waals surface area contributed by atoms with E-state index in [1.54, 1.807) is 0 Å². The van der Waals surface area contributed by atoms with Gasteiger partial charge in [0.05, 0.1) is 24.1 Å². The molecule has 0 aliphatic rings. The van der Waals surface area contributed by atoms with Gasteiger partial charge < -0.3 is 0 Å². The van der Waals surface area contributed by atoms with Crippen molar-refractivity contribution < 1.29 is 0 Å². The Labute approximate surface area is 73.1 Å². The summed E-state index contributed by atoms with van der Waals surface area (Å²) in [5.41, 5.74) is 0.956. The Morgan fingerprint density at radius 1 is 1.00 bits per heavy atom. The molecule has 0 nitrogen and oxygen atoms in total. The molecule has 0 aromatic heterocycles. The zero-order valence-corrected chi connectivity index (χ0v) is 9.75. The van der Waals surface area contributed by atoms with E-state index in [0.29, 0.717) is 0 Å². The van der Waals surface area contributed by atoms with Crippen molar-refractivity contribution in [1.29, 1.82) is 0 Å². The van der Waals surface area contributed by atoms with Gasteiger partial charge in [-0.05, 0) is 34.1 Å². The third kappa shape index (κ3) is 2.75. The Kier molecular flexibility index (Phi) is 5.34. The molecule has 0 aromatic rings. The fraction of sp³-hybridized carbons (Fsp3) is 1.00. The summed E-state index contributed by atoms with van der Waals surface area (Å²) in [6.07, 6.45) is 5.80. The molecule has 0 aromatic carbocycles. The van der Waals surface area contributed by atoms with Crippen molar-refractivity contribution in [3.8, 4) is 0 Å². The smallest absolute Gasteiger partial charge is 0.0619 e. The number of rotatable bonds is 5. The molecule has 0 rings (SSSR count). The first kappa shape index (κ1) is 11.4. The average Bonchev–Trinajstić information content (AvgIpc) is 2.00. The Morgan fingerprint density at radius 3 is 1.55 bits per heavy atom. The maximum Gasteiger partial charge on any atom is 0.0641 e. The van der Waals surface area contributed by atoms with E-state index in [0.717, 1.165) is 5.66 Å². The van der Waals surface area contributed by atoms with Crippen molar-refractivity contribution in [3.63, 3.8) is 0 Å². The minimum Gasteiger partial charge on any atom is -0.0619 e. The summed E-state index contributed by atoms with van der Waals surface area (Å²) >= 11 is 0. The van der Waals surface area contributed by atoms with Crippen LogP contribution in [0.3, 0.4) is 0 Å². The molecule has 0 aliphatic carbocycles. The van der Waals surface area contributed by atoms with Gasteiger partial charge in [0, 0.05) is 7.26 Å². The molecule has 68 valence electrons. The molecule has 0 heterocycles. The molecule has 0 atom stereocenters. The molecule has 0 radical (unpaired) electrons. The second-order valence-corrected chi connectivity index (χ2v) is 8.85. The van der Waals surface area contributed by atoms with Crippen molar-refractivity contribution in [2.75, 3.05) is 18.5 Å². The molecule has 0 aliphatic heterocycles. The van der Waals surface area contributed by atoms with E-state index in [4.69, 9.17) is 0 Å². The van der Waals surface area contributed by atoms with Crippen LogP contribution in [0.4, 0.5) is 0 Å². The first-order valence-electron chi connectivity index (χ1n) is 4.98. The van der Waals surface area contributed by atoms with Gasteiger partial charge in [0.15, 0.2) is 0 Å². The first-order valence-corrected chi connectivity index (χ1v) is 7.40. The molecule has 0 fully saturated rings. The zero-order chi connectivity index (χ0) is 8.91. The molecule has 0 saturated heterocycles. The van der Waals surface area contributed by atoms with E-state index in [2.05, 4.69) is 34.6 Å². The van der Waals surface area contributed by atoms with Gasteiger partial charge in [0.1, 0.15) is 0 Å². The van der Waals surface area contributed by atoms with E-state index in [1.807, 2.05) is 0 Å². The molecule has 11 heavy (non-hydrogen) atoms. The second kappa shape index (κ2) is 5.14. The van der Waals surface area contributed by atoms with Gasteiger partial charge in [-0.2, -0.15) is 0 Å². The first-order chi connectivity index (χ1) is 5.13. The Morgan fingerprint density at radius 2 is 1.45 bits per heavy atom. The van der Waals surface area contributed by atoms with Crippen LogP contribution in [0.2, 0.25) is 0 Å². The van der Waals surface area contributed by atoms with Crippen molar-refractivity contribution in [1.82, 2.24) is 0 Å². The highest BCUT2D eigenvalue weighted by atomic mass is 31.2. The summed E-state index contributed by atoms with van der Waals surface area (Å²) in [6, 6.07) is 0. The van der Waals surface area contributed by atoms with Crippen molar-refractivity contribution in [3.05, 3.63) is 0 Å². The molecular formula is C10H24P+. The van der Waals surface area contributed by atoms with Crippen molar-refractivity contribution >= 4 is 7.26 Å². The van der Waals surface area contributed by atoms with Crippen LogP contribution in [0, 0.1) is 0 Å². The summed E-state index contributed by atoms with van der Waals surface area (Å²) in [4.78, 5) is 0. The number of hydrogen-bond donors (Lipinski definition) is 0. The van der Waals surface area contributed by atoms with E-state index in [9.17, 15) is 0 Å². The highest BCUT2D eigenvalue weighted by Gasteiger charge is 2.35. The summed E-state index contributed by atoms with van der Waals surface area (Å²) in [6.45, 7) is 11.9. The summed E-state index contributed by atoms with van der Waals surface area (Å²) in [7, 11) is -0.530. The minimum atomic E-state index is -0.530. The average molecular weight is 175 g/mol. The third-order valence-corrected chi connectivity index (χ3v) is 9.07. The van der Waals surface area contributed by atoms with Crippen LogP contribution < -0.4 is 0 Å². The maximum absolute atomic E-state index is 2.41. The van der Waals surface area contributed by atoms with Crippen LogP contribution in [-0.2, 0) is 0 Å². The fourth-order valence-electron chi connectivity index (χ4n) is 1.97. The van der Waals surface area contributed by atoms with Crippen LogP contribution in [0.25, 0.3) is 0 Å². The lowest BCUT2D eigenvalue weighted by Crippen LogP contribution is -2.14. The van der Waals surface area contributed by atoms with Gasteiger partial charge in [-0.1, -0.05) is 6.92 Å². The Bertz CT molecular complexity index is 93.0. The van der Waals surface area contributed by atoms with Crippen LogP contribution in [0.5, 0.6) is 0 Å². The maximum atomic E-state index is 2.41. The lowest BCUT2D eigenvalue weighted by molar-refractivity contribution is 0.992. The lowest BCUT2D eigenvalue weighted by Gasteiger charge is -2.28. The topological polar surface area (TPSA) is 0 Å². The Balaban J connectivity index is 4.20. The predicted octanol–water partition coefficient (Wildman–Crippen LogP) is 3.86. The monoisotopic (exact) mass is 175 g/mol. The van der Waals surface area contributed by atoms with Crippen molar-refractivity contribution in [2.24, 2.45) is 0 Å². The van der Waals surface area contributed by atoms with E-state index in [1.165, 1.54) is 24.9 Å². The van der Waals surface area contributed by atoms with Crippen LogP contribution in [0.1, 0.15) is 41.0 Å². The summed E-state index contributed by atoms with van der Waals surface area (Å²) < 4.78 is 0. The van der Waals surface area contributed by atoms with Gasteiger partial charge in [-0.3, -0.25) is 0 Å². The second-order valence-electron chi connectivity index (χ2n) is 3.67. The molecule has 1 heteroatoms. The summed E-state index contributed by atoms with van der Waals surface area (Å²) in [5.74, 6) is 0. The van der Waals surface area contributed by atoms with Gasteiger partial charge in [0.2, 0.25) is 0 Å². The molecule has 0 bridgehead atoms. The van der Waals surface area contributed by atoms with Crippen LogP contribution in [0.15, 0.2) is 0 Å². The third-order valence-electron chi connectivity index (χ3n) is 3.02. The van der Waals surface area contributed by atoms with E-state index < -0.39 is 7.26 Å². The molecule has 0 spiro atoms. The molecular weight excluding hydrogens is 151 g/mol. The van der Waals surface area contributed by atoms with Crippen LogP contribution >= 0.6 is 7.26 Å². The minimum absolute atomic E-state index is 0.530. The van der Waals surface area contributed by atoms with Gasteiger partial charge in [0.25, 0.3) is 0 Å². The molecule has 0 unspecified atom stereocenters. The molecule has 0 amide bonds. The predicted molar refractivity (Wildman–Crippen MR) is 58.3 cm³/mol.